The Bertz CT molecular complexity index is 1050. The number of nitrogens with one attached hydrogen (secondary N) is 2. The van der Waals surface area contributed by atoms with Gasteiger partial charge in [0.15, 0.2) is 0 Å². The number of carbonyl (C=O) groups is 2. The molecule has 2 aromatic carbocycles. The Kier molecular flexibility index (Phi) is 6.99. The molecule has 160 valence electrons. The predicted molar refractivity (Wildman–Crippen MR) is 114 cm³/mol. The SMILES string of the molecule is COc1ccc(NS(=O)(=O)c2cccc(C(=O)NCC(=O)OCC3CC3)c2)cc1Br. The summed E-state index contributed by atoms with van der Waals surface area (Å²) in [5.41, 5.74) is 0.444. The van der Waals surface area contributed by atoms with Gasteiger partial charge in [-0.15, -0.1) is 0 Å². The molecule has 0 unspecified atom stereocenters. The van der Waals surface area contributed by atoms with Crippen molar-refractivity contribution in [2.75, 3.05) is 25.0 Å². The maximum absolute atomic E-state index is 12.7. The second-order valence-corrected chi connectivity index (χ2v) is 9.33. The molecule has 2 aromatic rings. The van der Waals surface area contributed by atoms with E-state index in [1.54, 1.807) is 18.2 Å². The summed E-state index contributed by atoms with van der Waals surface area (Å²) in [7, 11) is -2.42. The highest BCUT2D eigenvalue weighted by Gasteiger charge is 2.23. The molecule has 10 heteroatoms. The number of hydrogen-bond acceptors (Lipinski definition) is 6. The summed E-state index contributed by atoms with van der Waals surface area (Å²) in [5.74, 6) is -0.0916. The first-order valence-electron chi connectivity index (χ1n) is 9.19. The molecule has 1 aliphatic rings. The highest BCUT2D eigenvalue weighted by Crippen LogP contribution is 2.29. The lowest BCUT2D eigenvalue weighted by Crippen LogP contribution is -2.31. The van der Waals surface area contributed by atoms with Crippen molar-refractivity contribution >= 4 is 43.5 Å². The molecule has 2 N–H and O–H groups in total. The minimum Gasteiger partial charge on any atom is -0.496 e. The molecular weight excluding hydrogens is 476 g/mol. The minimum absolute atomic E-state index is 0.0848. The Hall–Kier alpha value is -2.59. The van der Waals surface area contributed by atoms with Crippen molar-refractivity contribution in [2.45, 2.75) is 17.7 Å². The maximum atomic E-state index is 12.7. The maximum Gasteiger partial charge on any atom is 0.325 e. The number of hydrogen-bond donors (Lipinski definition) is 2. The van der Waals surface area contributed by atoms with Crippen LogP contribution in [0.3, 0.4) is 0 Å². The van der Waals surface area contributed by atoms with Crippen LogP contribution in [0, 0.1) is 5.92 Å². The molecule has 1 amide bonds. The molecule has 0 spiro atoms. The van der Waals surface area contributed by atoms with Crippen LogP contribution in [0.4, 0.5) is 5.69 Å². The molecule has 1 aliphatic carbocycles. The standard InChI is InChI=1S/C20H21BrN2O6S/c1-28-18-8-7-15(10-17(18)21)23-30(26,27)16-4-2-3-14(9-16)20(25)22-11-19(24)29-12-13-5-6-13/h2-4,7-10,13,23H,5-6,11-12H2,1H3,(H,22,25). The van der Waals surface area contributed by atoms with Gasteiger partial charge in [0, 0.05) is 5.56 Å². The fraction of sp³-hybridized carbons (Fsp3) is 0.300. The van der Waals surface area contributed by atoms with E-state index in [9.17, 15) is 18.0 Å². The molecular formula is C20H21BrN2O6S. The summed E-state index contributed by atoms with van der Waals surface area (Å²) in [6.45, 7) is 0.0935. The van der Waals surface area contributed by atoms with Crippen molar-refractivity contribution in [1.29, 1.82) is 0 Å². The van der Waals surface area contributed by atoms with Gasteiger partial charge >= 0.3 is 5.97 Å². The topological polar surface area (TPSA) is 111 Å². The van der Waals surface area contributed by atoms with Gasteiger partial charge in [-0.2, -0.15) is 0 Å². The number of halogens is 1. The summed E-state index contributed by atoms with van der Waals surface area (Å²) in [4.78, 5) is 23.9. The summed E-state index contributed by atoms with van der Waals surface area (Å²) in [5, 5.41) is 2.44. The lowest BCUT2D eigenvalue weighted by atomic mass is 10.2. The van der Waals surface area contributed by atoms with Gasteiger partial charge in [0.05, 0.1) is 28.8 Å². The molecule has 0 heterocycles. The number of amides is 1. The molecule has 0 atom stereocenters. The predicted octanol–water partition coefficient (Wildman–Crippen LogP) is 2.94. The molecule has 3 rings (SSSR count). The van der Waals surface area contributed by atoms with Gasteiger partial charge in [-0.1, -0.05) is 6.07 Å². The van der Waals surface area contributed by atoms with E-state index in [1.165, 1.54) is 31.4 Å². The molecule has 0 saturated heterocycles. The van der Waals surface area contributed by atoms with Gasteiger partial charge in [0.2, 0.25) is 0 Å². The van der Waals surface area contributed by atoms with Crippen molar-refractivity contribution in [2.24, 2.45) is 5.92 Å². The van der Waals surface area contributed by atoms with Crippen molar-refractivity contribution < 1.29 is 27.5 Å². The molecule has 0 bridgehead atoms. The fourth-order valence-corrected chi connectivity index (χ4v) is 4.18. The third-order valence-corrected chi connectivity index (χ3v) is 6.38. The van der Waals surface area contributed by atoms with E-state index < -0.39 is 21.9 Å². The van der Waals surface area contributed by atoms with Crippen LogP contribution in [0.2, 0.25) is 0 Å². The third-order valence-electron chi connectivity index (χ3n) is 4.38. The number of rotatable bonds is 9. The van der Waals surface area contributed by atoms with Crippen LogP contribution in [-0.2, 0) is 19.6 Å². The van der Waals surface area contributed by atoms with E-state index in [0.717, 1.165) is 12.8 Å². The Morgan fingerprint density at radius 3 is 2.60 bits per heavy atom. The Labute approximate surface area is 183 Å². The fourth-order valence-electron chi connectivity index (χ4n) is 2.55. The number of carbonyl (C=O) groups excluding carboxylic acids is 2. The van der Waals surface area contributed by atoms with Crippen LogP contribution in [0.15, 0.2) is 51.8 Å². The number of methoxy groups -OCH3 is 1. The second-order valence-electron chi connectivity index (χ2n) is 6.79. The van der Waals surface area contributed by atoms with Gasteiger partial charge in [-0.25, -0.2) is 8.42 Å². The molecule has 0 radical (unpaired) electrons. The molecule has 30 heavy (non-hydrogen) atoms. The zero-order valence-corrected chi connectivity index (χ0v) is 18.6. The first kappa shape index (κ1) is 22.1. The molecule has 1 saturated carbocycles. The van der Waals surface area contributed by atoms with Gasteiger partial charge in [0.1, 0.15) is 12.3 Å². The average molecular weight is 497 g/mol. The second kappa shape index (κ2) is 9.48. The third kappa shape index (κ3) is 5.96. The lowest BCUT2D eigenvalue weighted by Gasteiger charge is -2.11. The highest BCUT2D eigenvalue weighted by molar-refractivity contribution is 9.10. The normalized spacial score (nSPS) is 13.4. The molecule has 0 aliphatic heterocycles. The van der Waals surface area contributed by atoms with Gasteiger partial charge in [0.25, 0.3) is 15.9 Å². The van der Waals surface area contributed by atoms with Crippen molar-refractivity contribution in [3.8, 4) is 5.75 Å². The quantitative estimate of drug-likeness (QED) is 0.516. The average Bonchev–Trinajstić information content (AvgIpc) is 3.55. The highest BCUT2D eigenvalue weighted by atomic mass is 79.9. The first-order chi connectivity index (χ1) is 14.3. The Balaban J connectivity index is 1.64. The molecule has 1 fully saturated rings. The van der Waals surface area contributed by atoms with E-state index in [0.29, 0.717) is 28.4 Å². The van der Waals surface area contributed by atoms with Crippen LogP contribution in [0.1, 0.15) is 23.2 Å². The lowest BCUT2D eigenvalue weighted by molar-refractivity contribution is -0.142. The van der Waals surface area contributed by atoms with Crippen LogP contribution in [0.5, 0.6) is 5.75 Å². The number of benzene rings is 2. The van der Waals surface area contributed by atoms with E-state index >= 15 is 0 Å². The summed E-state index contributed by atoms with van der Waals surface area (Å²) >= 11 is 3.30. The van der Waals surface area contributed by atoms with Crippen LogP contribution < -0.4 is 14.8 Å². The monoisotopic (exact) mass is 496 g/mol. The van der Waals surface area contributed by atoms with Crippen molar-refractivity contribution in [3.63, 3.8) is 0 Å². The summed E-state index contributed by atoms with van der Waals surface area (Å²) in [6.07, 6.45) is 2.12. The number of anilines is 1. The summed E-state index contributed by atoms with van der Waals surface area (Å²) in [6, 6.07) is 10.3. The zero-order chi connectivity index (χ0) is 21.7. The van der Waals surface area contributed by atoms with E-state index in [4.69, 9.17) is 9.47 Å². The van der Waals surface area contributed by atoms with E-state index in [2.05, 4.69) is 26.0 Å². The van der Waals surface area contributed by atoms with Crippen molar-refractivity contribution in [1.82, 2.24) is 5.32 Å². The molecule has 8 nitrogen and oxygen atoms in total. The van der Waals surface area contributed by atoms with E-state index in [-0.39, 0.29) is 17.0 Å². The van der Waals surface area contributed by atoms with Gasteiger partial charge < -0.3 is 14.8 Å². The zero-order valence-electron chi connectivity index (χ0n) is 16.2. The Morgan fingerprint density at radius 1 is 1.17 bits per heavy atom. The van der Waals surface area contributed by atoms with Crippen LogP contribution in [0.25, 0.3) is 0 Å². The van der Waals surface area contributed by atoms with Crippen LogP contribution in [-0.4, -0.2) is 40.6 Å². The Morgan fingerprint density at radius 2 is 1.93 bits per heavy atom. The number of esters is 1. The smallest absolute Gasteiger partial charge is 0.325 e. The summed E-state index contributed by atoms with van der Waals surface area (Å²) < 4.78 is 38.6. The van der Waals surface area contributed by atoms with Gasteiger partial charge in [-0.3, -0.25) is 14.3 Å². The van der Waals surface area contributed by atoms with Crippen LogP contribution >= 0.6 is 15.9 Å². The first-order valence-corrected chi connectivity index (χ1v) is 11.5. The number of ether oxygens (including phenoxy) is 2. The largest absolute Gasteiger partial charge is 0.496 e. The minimum atomic E-state index is -3.93. The van der Waals surface area contributed by atoms with E-state index in [1.807, 2.05) is 0 Å². The van der Waals surface area contributed by atoms with Crippen molar-refractivity contribution in [3.05, 3.63) is 52.5 Å². The van der Waals surface area contributed by atoms with Gasteiger partial charge in [-0.05, 0) is 71.1 Å². The molecule has 0 aromatic heterocycles. The number of sulfonamides is 1.